The van der Waals surface area contributed by atoms with E-state index in [0.29, 0.717) is 5.56 Å². The number of benzene rings is 1. The number of nitrogens with zero attached hydrogens (tertiary/aromatic N) is 4. The van der Waals surface area contributed by atoms with Gasteiger partial charge in [0.25, 0.3) is 0 Å². The zero-order chi connectivity index (χ0) is 13.0. The average Bonchev–Trinajstić information content (AvgIpc) is 2.81. The van der Waals surface area contributed by atoms with Gasteiger partial charge in [-0.25, -0.2) is 4.98 Å². The summed E-state index contributed by atoms with van der Waals surface area (Å²) in [5, 5.41) is 9.07. The molecule has 2 aromatic rings. The molecule has 18 heavy (non-hydrogen) atoms. The summed E-state index contributed by atoms with van der Waals surface area (Å²) in [6.07, 6.45) is 3.78. The third kappa shape index (κ3) is 2.51. The largest absolute Gasteiger partial charge is 0.372 e. The Bertz CT molecular complexity index is 565. The molecule has 0 aliphatic rings. The quantitative estimate of drug-likeness (QED) is 0.823. The van der Waals surface area contributed by atoms with Crippen LogP contribution in [0.1, 0.15) is 11.4 Å². The number of imidazole rings is 1. The zero-order valence-corrected chi connectivity index (χ0v) is 10.7. The van der Waals surface area contributed by atoms with Crippen LogP contribution in [0.25, 0.3) is 0 Å². The van der Waals surface area contributed by atoms with Crippen LogP contribution in [0.5, 0.6) is 0 Å². The monoisotopic (exact) mass is 240 g/mol. The predicted octanol–water partition coefficient (Wildman–Crippen LogP) is 2.20. The van der Waals surface area contributed by atoms with Crippen LogP contribution < -0.4 is 4.90 Å². The minimum Gasteiger partial charge on any atom is -0.372 e. The number of rotatable bonds is 4. The Balaban J connectivity index is 2.06. The van der Waals surface area contributed by atoms with Crippen LogP contribution in [0, 0.1) is 18.3 Å². The lowest BCUT2D eigenvalue weighted by atomic mass is 10.2. The maximum atomic E-state index is 9.07. The van der Waals surface area contributed by atoms with Crippen LogP contribution in [0.4, 0.5) is 5.69 Å². The Labute approximate surface area is 107 Å². The standard InChI is InChI=1S/C14H16N4/c1-12-16-7-8-18(12)10-9-17(2)14-6-4-3-5-13(14)11-15/h3-8H,9-10H2,1-2H3. The van der Waals surface area contributed by atoms with Crippen LogP contribution in [0.3, 0.4) is 0 Å². The number of nitriles is 1. The summed E-state index contributed by atoms with van der Waals surface area (Å²) in [4.78, 5) is 6.29. The highest BCUT2D eigenvalue weighted by Crippen LogP contribution is 2.17. The first-order valence-electron chi connectivity index (χ1n) is 5.90. The lowest BCUT2D eigenvalue weighted by molar-refractivity contribution is 0.664. The molecule has 1 aromatic heterocycles. The maximum Gasteiger partial charge on any atom is 0.105 e. The molecule has 4 heteroatoms. The molecule has 0 unspecified atom stereocenters. The van der Waals surface area contributed by atoms with Gasteiger partial charge in [-0.2, -0.15) is 5.26 Å². The van der Waals surface area contributed by atoms with E-state index in [9.17, 15) is 0 Å². The second kappa shape index (κ2) is 5.37. The van der Waals surface area contributed by atoms with Gasteiger partial charge in [-0.3, -0.25) is 0 Å². The summed E-state index contributed by atoms with van der Waals surface area (Å²) in [5.41, 5.74) is 1.68. The summed E-state index contributed by atoms with van der Waals surface area (Å²) in [5.74, 6) is 1.01. The first kappa shape index (κ1) is 12.2. The molecule has 0 saturated heterocycles. The molecule has 0 amide bonds. The lowest BCUT2D eigenvalue weighted by Gasteiger charge is -2.20. The van der Waals surface area contributed by atoms with Crippen molar-refractivity contribution >= 4 is 5.69 Å². The SMILES string of the molecule is Cc1nccn1CCN(C)c1ccccc1C#N. The summed E-state index contributed by atoms with van der Waals surface area (Å²) in [6.45, 7) is 3.70. The Morgan fingerprint density at radius 2 is 2.17 bits per heavy atom. The topological polar surface area (TPSA) is 44.9 Å². The fourth-order valence-electron chi connectivity index (χ4n) is 1.92. The molecule has 0 bridgehead atoms. The van der Waals surface area contributed by atoms with Crippen molar-refractivity contribution in [3.8, 4) is 6.07 Å². The van der Waals surface area contributed by atoms with Crippen molar-refractivity contribution in [2.24, 2.45) is 0 Å². The second-order valence-electron chi connectivity index (χ2n) is 4.22. The predicted molar refractivity (Wildman–Crippen MR) is 71.4 cm³/mol. The van der Waals surface area contributed by atoms with E-state index in [0.717, 1.165) is 24.6 Å². The van der Waals surface area contributed by atoms with Crippen LogP contribution in [0.2, 0.25) is 0 Å². The van der Waals surface area contributed by atoms with Gasteiger partial charge in [0.15, 0.2) is 0 Å². The molecule has 92 valence electrons. The normalized spacial score (nSPS) is 10.1. The Morgan fingerprint density at radius 3 is 2.83 bits per heavy atom. The van der Waals surface area contributed by atoms with Crippen molar-refractivity contribution in [2.45, 2.75) is 13.5 Å². The van der Waals surface area contributed by atoms with Gasteiger partial charge in [-0.15, -0.1) is 0 Å². The molecule has 1 aromatic carbocycles. The van der Waals surface area contributed by atoms with Gasteiger partial charge in [0.2, 0.25) is 0 Å². The van der Waals surface area contributed by atoms with Crippen molar-refractivity contribution in [3.63, 3.8) is 0 Å². The van der Waals surface area contributed by atoms with Crippen LogP contribution in [-0.4, -0.2) is 23.1 Å². The fourth-order valence-corrected chi connectivity index (χ4v) is 1.92. The molecule has 0 aliphatic carbocycles. The third-order valence-corrected chi connectivity index (χ3v) is 3.04. The second-order valence-corrected chi connectivity index (χ2v) is 4.22. The molecule has 1 heterocycles. The van der Waals surface area contributed by atoms with E-state index in [4.69, 9.17) is 5.26 Å². The van der Waals surface area contributed by atoms with Crippen LogP contribution in [0.15, 0.2) is 36.7 Å². The number of aromatic nitrogens is 2. The van der Waals surface area contributed by atoms with E-state index >= 15 is 0 Å². The van der Waals surface area contributed by atoms with Gasteiger partial charge >= 0.3 is 0 Å². The molecule has 0 spiro atoms. The molecule has 0 saturated carbocycles. The average molecular weight is 240 g/mol. The van der Waals surface area contributed by atoms with E-state index in [1.165, 1.54) is 0 Å². The molecule has 2 rings (SSSR count). The number of anilines is 1. The van der Waals surface area contributed by atoms with Crippen molar-refractivity contribution in [1.82, 2.24) is 9.55 Å². The van der Waals surface area contributed by atoms with Gasteiger partial charge in [0.05, 0.1) is 11.3 Å². The highest BCUT2D eigenvalue weighted by molar-refractivity contribution is 5.58. The Morgan fingerprint density at radius 1 is 1.39 bits per heavy atom. The number of aryl methyl sites for hydroxylation is 1. The molecule has 0 atom stereocenters. The van der Waals surface area contributed by atoms with E-state index in [1.807, 2.05) is 44.4 Å². The van der Waals surface area contributed by atoms with E-state index in [1.54, 1.807) is 6.20 Å². The van der Waals surface area contributed by atoms with Crippen molar-refractivity contribution in [3.05, 3.63) is 48.0 Å². The summed E-state index contributed by atoms with van der Waals surface area (Å²) < 4.78 is 2.10. The smallest absolute Gasteiger partial charge is 0.105 e. The summed E-state index contributed by atoms with van der Waals surface area (Å²) in [6, 6.07) is 9.87. The summed E-state index contributed by atoms with van der Waals surface area (Å²) >= 11 is 0. The number of para-hydroxylation sites is 1. The first-order valence-corrected chi connectivity index (χ1v) is 5.90. The van der Waals surface area contributed by atoms with Gasteiger partial charge < -0.3 is 9.47 Å². The highest BCUT2D eigenvalue weighted by atomic mass is 15.1. The van der Waals surface area contributed by atoms with Gasteiger partial charge in [0, 0.05) is 32.5 Å². The van der Waals surface area contributed by atoms with E-state index < -0.39 is 0 Å². The Hall–Kier alpha value is -2.28. The van der Waals surface area contributed by atoms with Gasteiger partial charge in [-0.05, 0) is 19.1 Å². The molecular formula is C14H16N4. The molecule has 0 radical (unpaired) electrons. The number of hydrogen-bond acceptors (Lipinski definition) is 3. The van der Waals surface area contributed by atoms with Crippen molar-refractivity contribution in [1.29, 1.82) is 5.26 Å². The lowest BCUT2D eigenvalue weighted by Crippen LogP contribution is -2.23. The van der Waals surface area contributed by atoms with Gasteiger partial charge in [-0.1, -0.05) is 12.1 Å². The van der Waals surface area contributed by atoms with E-state index in [2.05, 4.69) is 20.5 Å². The van der Waals surface area contributed by atoms with E-state index in [-0.39, 0.29) is 0 Å². The third-order valence-electron chi connectivity index (χ3n) is 3.04. The van der Waals surface area contributed by atoms with Crippen molar-refractivity contribution in [2.75, 3.05) is 18.5 Å². The molecule has 0 N–H and O–H groups in total. The highest BCUT2D eigenvalue weighted by Gasteiger charge is 2.06. The number of likely N-dealkylation sites (N-methyl/N-ethyl adjacent to an activating group) is 1. The Kier molecular flexibility index (Phi) is 3.63. The molecular weight excluding hydrogens is 224 g/mol. The first-order chi connectivity index (χ1) is 8.72. The number of hydrogen-bond donors (Lipinski definition) is 0. The molecule has 0 fully saturated rings. The maximum absolute atomic E-state index is 9.07. The fraction of sp³-hybridized carbons (Fsp3) is 0.286. The molecule has 0 aliphatic heterocycles. The van der Waals surface area contributed by atoms with Crippen LogP contribution in [-0.2, 0) is 6.54 Å². The van der Waals surface area contributed by atoms with Gasteiger partial charge in [0.1, 0.15) is 11.9 Å². The van der Waals surface area contributed by atoms with Crippen LogP contribution >= 0.6 is 0 Å². The minimum atomic E-state index is 0.711. The van der Waals surface area contributed by atoms with Crippen molar-refractivity contribution < 1.29 is 0 Å². The minimum absolute atomic E-state index is 0.711. The zero-order valence-electron chi connectivity index (χ0n) is 10.7. The molecule has 4 nitrogen and oxygen atoms in total. The summed E-state index contributed by atoms with van der Waals surface area (Å²) in [7, 11) is 2.00.